The molecule has 1 aromatic rings. The zero-order valence-corrected chi connectivity index (χ0v) is 11.1. The van der Waals surface area contributed by atoms with Crippen molar-refractivity contribution >= 4 is 11.9 Å². The molecule has 0 aliphatic rings. The van der Waals surface area contributed by atoms with E-state index in [4.69, 9.17) is 10.8 Å². The van der Waals surface area contributed by atoms with E-state index in [2.05, 4.69) is 0 Å². The predicted molar refractivity (Wildman–Crippen MR) is 73.0 cm³/mol. The number of benzene rings is 1. The van der Waals surface area contributed by atoms with Gasteiger partial charge in [0.2, 0.25) is 0 Å². The van der Waals surface area contributed by atoms with Crippen LogP contribution in [0.1, 0.15) is 29.3 Å². The lowest BCUT2D eigenvalue weighted by atomic mass is 10.0. The third-order valence-electron chi connectivity index (χ3n) is 2.93. The van der Waals surface area contributed by atoms with Gasteiger partial charge < -0.3 is 15.7 Å². The van der Waals surface area contributed by atoms with Gasteiger partial charge in [-0.15, -0.1) is 0 Å². The molecule has 0 saturated carbocycles. The molecule has 0 heterocycles. The summed E-state index contributed by atoms with van der Waals surface area (Å²) in [5.41, 5.74) is 7.05. The minimum absolute atomic E-state index is 0.0430. The van der Waals surface area contributed by atoms with Crippen molar-refractivity contribution in [1.82, 2.24) is 4.90 Å². The van der Waals surface area contributed by atoms with Crippen molar-refractivity contribution < 1.29 is 14.7 Å². The first-order valence-corrected chi connectivity index (χ1v) is 6.39. The van der Waals surface area contributed by atoms with Gasteiger partial charge in [0.05, 0.1) is 6.42 Å². The highest BCUT2D eigenvalue weighted by molar-refractivity contribution is 5.95. The summed E-state index contributed by atoms with van der Waals surface area (Å²) in [4.78, 5) is 24.5. The highest BCUT2D eigenvalue weighted by Crippen LogP contribution is 2.12. The van der Waals surface area contributed by atoms with E-state index >= 15 is 0 Å². The normalized spacial score (nSPS) is 10.2. The highest BCUT2D eigenvalue weighted by Gasteiger charge is 2.17. The van der Waals surface area contributed by atoms with Gasteiger partial charge in [0.25, 0.3) is 5.91 Å². The fourth-order valence-electron chi connectivity index (χ4n) is 1.91. The van der Waals surface area contributed by atoms with Crippen molar-refractivity contribution in [3.8, 4) is 0 Å². The minimum atomic E-state index is -0.901. The van der Waals surface area contributed by atoms with E-state index in [9.17, 15) is 9.59 Å². The predicted octanol–water partition coefficient (Wildman–Crippen LogP) is 1.12. The van der Waals surface area contributed by atoms with Crippen LogP contribution in [0, 0.1) is 0 Å². The lowest BCUT2D eigenvalue weighted by Crippen LogP contribution is -2.33. The number of carbonyl (C=O) groups excluding carboxylic acids is 1. The Morgan fingerprint density at radius 2 is 2.00 bits per heavy atom. The molecule has 0 unspecified atom stereocenters. The number of carboxylic acid groups (broad SMARTS) is 1. The Morgan fingerprint density at radius 3 is 2.58 bits per heavy atom. The number of nitrogens with two attached hydrogens (primary N) is 1. The average molecular weight is 264 g/mol. The van der Waals surface area contributed by atoms with Crippen molar-refractivity contribution in [3.63, 3.8) is 0 Å². The molecule has 0 bridgehead atoms. The Balaban J connectivity index is 2.87. The molecule has 0 aromatic heterocycles. The molecule has 5 heteroatoms. The van der Waals surface area contributed by atoms with E-state index < -0.39 is 5.97 Å². The van der Waals surface area contributed by atoms with E-state index in [1.807, 2.05) is 19.1 Å². The molecule has 0 saturated heterocycles. The molecular formula is C14H20N2O3. The second-order valence-electron chi connectivity index (χ2n) is 4.22. The first-order chi connectivity index (χ1) is 9.10. The molecular weight excluding hydrogens is 244 g/mol. The maximum atomic E-state index is 12.4. The van der Waals surface area contributed by atoms with Gasteiger partial charge in [-0.3, -0.25) is 9.59 Å². The van der Waals surface area contributed by atoms with Crippen LogP contribution in [-0.4, -0.2) is 41.5 Å². The van der Waals surface area contributed by atoms with Crippen LogP contribution in [0.5, 0.6) is 0 Å². The maximum absolute atomic E-state index is 12.4. The number of hydrogen-bond acceptors (Lipinski definition) is 3. The molecule has 0 aliphatic carbocycles. The van der Waals surface area contributed by atoms with Gasteiger partial charge in [-0.2, -0.15) is 0 Å². The summed E-state index contributed by atoms with van der Waals surface area (Å²) in [7, 11) is 0. The Morgan fingerprint density at radius 1 is 1.32 bits per heavy atom. The monoisotopic (exact) mass is 264 g/mol. The summed E-state index contributed by atoms with van der Waals surface area (Å²) in [6, 6.07) is 7.31. The largest absolute Gasteiger partial charge is 0.481 e. The van der Waals surface area contributed by atoms with Crippen molar-refractivity contribution in [2.45, 2.75) is 19.8 Å². The molecule has 0 radical (unpaired) electrons. The van der Waals surface area contributed by atoms with Crippen LogP contribution in [-0.2, 0) is 11.2 Å². The summed E-state index contributed by atoms with van der Waals surface area (Å²) < 4.78 is 0. The zero-order chi connectivity index (χ0) is 14.3. The molecule has 0 fully saturated rings. The quantitative estimate of drug-likeness (QED) is 0.773. The van der Waals surface area contributed by atoms with Crippen LogP contribution in [0.4, 0.5) is 0 Å². The molecule has 0 spiro atoms. The Kier molecular flexibility index (Phi) is 6.02. The maximum Gasteiger partial charge on any atom is 0.305 e. The lowest BCUT2D eigenvalue weighted by molar-refractivity contribution is -0.137. The zero-order valence-electron chi connectivity index (χ0n) is 11.1. The standard InChI is InChI=1S/C14H20N2O3/c1-2-16(10-8-13(17)18)14(19)12-6-4-3-5-11(12)7-9-15/h3-6H,2,7-10,15H2,1H3,(H,17,18). The molecule has 3 N–H and O–H groups in total. The summed E-state index contributed by atoms with van der Waals surface area (Å²) in [6.07, 6.45) is 0.594. The SMILES string of the molecule is CCN(CCC(=O)O)C(=O)c1ccccc1CCN. The molecule has 1 aromatic carbocycles. The molecule has 1 rings (SSSR count). The van der Waals surface area contributed by atoms with Gasteiger partial charge in [0.15, 0.2) is 0 Å². The number of nitrogens with zero attached hydrogens (tertiary/aromatic N) is 1. The third kappa shape index (κ3) is 4.37. The van der Waals surface area contributed by atoms with Crippen molar-refractivity contribution in [3.05, 3.63) is 35.4 Å². The van der Waals surface area contributed by atoms with Crippen LogP contribution in [0.15, 0.2) is 24.3 Å². The van der Waals surface area contributed by atoms with Crippen LogP contribution in [0.2, 0.25) is 0 Å². The fraction of sp³-hybridized carbons (Fsp3) is 0.429. The molecule has 5 nitrogen and oxygen atoms in total. The smallest absolute Gasteiger partial charge is 0.305 e. The Hall–Kier alpha value is -1.88. The second kappa shape index (κ2) is 7.53. The number of rotatable bonds is 7. The Bertz CT molecular complexity index is 446. The van der Waals surface area contributed by atoms with E-state index in [0.29, 0.717) is 25.1 Å². The van der Waals surface area contributed by atoms with E-state index in [1.54, 1.807) is 17.0 Å². The minimum Gasteiger partial charge on any atom is -0.481 e. The van der Waals surface area contributed by atoms with Crippen LogP contribution in [0.3, 0.4) is 0 Å². The highest BCUT2D eigenvalue weighted by atomic mass is 16.4. The molecule has 0 atom stereocenters. The topological polar surface area (TPSA) is 83.6 Å². The molecule has 104 valence electrons. The Labute approximate surface area is 113 Å². The van der Waals surface area contributed by atoms with Crippen molar-refractivity contribution in [2.24, 2.45) is 5.73 Å². The first-order valence-electron chi connectivity index (χ1n) is 6.39. The van der Waals surface area contributed by atoms with E-state index in [0.717, 1.165) is 5.56 Å². The van der Waals surface area contributed by atoms with Crippen LogP contribution < -0.4 is 5.73 Å². The third-order valence-corrected chi connectivity index (χ3v) is 2.93. The van der Waals surface area contributed by atoms with Gasteiger partial charge in [0.1, 0.15) is 0 Å². The average Bonchev–Trinajstić information content (AvgIpc) is 2.40. The lowest BCUT2D eigenvalue weighted by Gasteiger charge is -2.21. The second-order valence-corrected chi connectivity index (χ2v) is 4.22. The number of carbonyl (C=O) groups is 2. The molecule has 0 aliphatic heterocycles. The van der Waals surface area contributed by atoms with Gasteiger partial charge in [-0.1, -0.05) is 18.2 Å². The number of carboxylic acids is 1. The summed E-state index contributed by atoms with van der Waals surface area (Å²) in [5, 5.41) is 8.69. The number of hydrogen-bond donors (Lipinski definition) is 2. The van der Waals surface area contributed by atoms with Gasteiger partial charge >= 0.3 is 5.97 Å². The van der Waals surface area contributed by atoms with Gasteiger partial charge in [0, 0.05) is 18.7 Å². The fourth-order valence-corrected chi connectivity index (χ4v) is 1.91. The van der Waals surface area contributed by atoms with Crippen LogP contribution >= 0.6 is 0 Å². The molecule has 19 heavy (non-hydrogen) atoms. The van der Waals surface area contributed by atoms with Crippen LogP contribution in [0.25, 0.3) is 0 Å². The van der Waals surface area contributed by atoms with E-state index in [-0.39, 0.29) is 18.9 Å². The molecule has 1 amide bonds. The summed E-state index contributed by atoms with van der Waals surface area (Å²) >= 11 is 0. The summed E-state index contributed by atoms with van der Waals surface area (Å²) in [5.74, 6) is -1.03. The van der Waals surface area contributed by atoms with Crippen molar-refractivity contribution in [1.29, 1.82) is 0 Å². The van der Waals surface area contributed by atoms with Gasteiger partial charge in [-0.25, -0.2) is 0 Å². The summed E-state index contributed by atoms with van der Waals surface area (Å²) in [6.45, 7) is 3.03. The van der Waals surface area contributed by atoms with Crippen molar-refractivity contribution in [2.75, 3.05) is 19.6 Å². The number of amides is 1. The number of aliphatic carboxylic acids is 1. The van der Waals surface area contributed by atoms with E-state index in [1.165, 1.54) is 0 Å². The first kappa shape index (κ1) is 15.2. The van der Waals surface area contributed by atoms with Gasteiger partial charge in [-0.05, 0) is 31.5 Å².